The zero-order valence-corrected chi connectivity index (χ0v) is 14.7. The fourth-order valence-electron chi connectivity index (χ4n) is 2.19. The van der Waals surface area contributed by atoms with Crippen molar-refractivity contribution in [2.45, 2.75) is 18.4 Å². The summed E-state index contributed by atoms with van der Waals surface area (Å²) in [4.78, 5) is 14.5. The molecule has 0 aliphatic heterocycles. The number of aromatic nitrogens is 4. The Morgan fingerprint density at radius 2 is 1.88 bits per heavy atom. The first-order chi connectivity index (χ1) is 12.2. The molecule has 6 nitrogen and oxygen atoms in total. The molecule has 0 saturated carbocycles. The Bertz CT molecular complexity index is 817. The molecule has 0 spiro atoms. The minimum atomic E-state index is -0.124. The molecule has 1 amide bonds. The van der Waals surface area contributed by atoms with E-state index in [4.69, 9.17) is 0 Å². The van der Waals surface area contributed by atoms with E-state index in [2.05, 4.69) is 32.9 Å². The van der Waals surface area contributed by atoms with Crippen molar-refractivity contribution in [3.63, 3.8) is 0 Å². The monoisotopic (exact) mass is 353 g/mol. The van der Waals surface area contributed by atoms with Crippen molar-refractivity contribution >= 4 is 17.7 Å². The van der Waals surface area contributed by atoms with E-state index in [0.717, 1.165) is 11.3 Å². The first-order valence-corrected chi connectivity index (χ1v) is 8.99. The lowest BCUT2D eigenvalue weighted by Crippen LogP contribution is -2.30. The molecule has 1 N–H and O–H groups in total. The fraction of sp³-hybridized carbons (Fsp3) is 0.222. The second-order valence-corrected chi connectivity index (χ2v) is 6.69. The number of nitrogens with one attached hydrogen (secondary N) is 1. The van der Waals surface area contributed by atoms with Crippen LogP contribution < -0.4 is 5.32 Å². The van der Waals surface area contributed by atoms with Crippen LogP contribution in [0.15, 0.2) is 59.5 Å². The lowest BCUT2D eigenvalue weighted by molar-refractivity contribution is -0.121. The summed E-state index contributed by atoms with van der Waals surface area (Å²) in [6, 6.07) is 18.0. The minimum Gasteiger partial charge on any atom is -0.354 e. The van der Waals surface area contributed by atoms with Gasteiger partial charge in [-0.15, -0.1) is 22.0 Å². The number of aryl methyl sites for hydroxylation is 1. The van der Waals surface area contributed by atoms with Crippen molar-refractivity contribution in [1.82, 2.24) is 25.5 Å². The van der Waals surface area contributed by atoms with E-state index in [1.807, 2.05) is 49.4 Å². The summed E-state index contributed by atoms with van der Waals surface area (Å²) < 4.78 is 0. The number of amides is 1. The highest BCUT2D eigenvalue weighted by Crippen LogP contribution is 2.16. The number of hydrogen-bond donors (Lipinski definition) is 1. The maximum atomic E-state index is 12.0. The molecule has 0 radical (unpaired) electrons. The van der Waals surface area contributed by atoms with Crippen LogP contribution in [0, 0.1) is 6.92 Å². The lowest BCUT2D eigenvalue weighted by atomic mass is 10.1. The summed E-state index contributed by atoms with van der Waals surface area (Å²) in [5.74, 6) is 1.21. The predicted octanol–water partition coefficient (Wildman–Crippen LogP) is 2.56. The van der Waals surface area contributed by atoms with Crippen LogP contribution in [0.2, 0.25) is 0 Å². The van der Waals surface area contributed by atoms with E-state index in [9.17, 15) is 4.79 Å². The standard InChI is InChI=1S/C18H19N5OS/c1-14-7-9-15(10-8-14)18-20-22-23(21-18)13-17(24)19-11-12-25-16-5-3-2-4-6-16/h2-10H,11-13H2,1H3,(H,19,24). The van der Waals surface area contributed by atoms with Gasteiger partial charge in [-0.05, 0) is 24.3 Å². The molecule has 3 rings (SSSR count). The van der Waals surface area contributed by atoms with Crippen LogP contribution in [-0.2, 0) is 11.3 Å². The largest absolute Gasteiger partial charge is 0.354 e. The van der Waals surface area contributed by atoms with Gasteiger partial charge in [-0.25, -0.2) is 0 Å². The fourth-order valence-corrected chi connectivity index (χ4v) is 2.98. The van der Waals surface area contributed by atoms with Gasteiger partial charge in [0.2, 0.25) is 11.7 Å². The molecular formula is C18H19N5OS. The molecule has 0 aliphatic rings. The Balaban J connectivity index is 1.44. The van der Waals surface area contributed by atoms with Gasteiger partial charge in [0.25, 0.3) is 0 Å². The molecule has 0 aliphatic carbocycles. The number of hydrogen-bond acceptors (Lipinski definition) is 5. The Morgan fingerprint density at radius 3 is 2.64 bits per heavy atom. The van der Waals surface area contributed by atoms with Crippen LogP contribution >= 0.6 is 11.8 Å². The average molecular weight is 353 g/mol. The second kappa shape index (κ2) is 8.43. The molecule has 0 unspecified atom stereocenters. The maximum Gasteiger partial charge on any atom is 0.243 e. The molecule has 128 valence electrons. The predicted molar refractivity (Wildman–Crippen MR) is 98.2 cm³/mol. The van der Waals surface area contributed by atoms with Gasteiger partial charge in [0.05, 0.1) is 0 Å². The summed E-state index contributed by atoms with van der Waals surface area (Å²) in [6.45, 7) is 2.68. The van der Waals surface area contributed by atoms with E-state index < -0.39 is 0 Å². The van der Waals surface area contributed by atoms with Crippen LogP contribution in [-0.4, -0.2) is 38.4 Å². The van der Waals surface area contributed by atoms with Crippen molar-refractivity contribution in [2.24, 2.45) is 0 Å². The summed E-state index contributed by atoms with van der Waals surface area (Å²) >= 11 is 1.71. The molecule has 2 aromatic carbocycles. The SMILES string of the molecule is Cc1ccc(-c2nnn(CC(=O)NCCSc3ccccc3)n2)cc1. The Labute approximate surface area is 150 Å². The van der Waals surface area contributed by atoms with Gasteiger partial charge in [0.1, 0.15) is 6.54 Å². The smallest absolute Gasteiger partial charge is 0.243 e. The molecular weight excluding hydrogens is 334 g/mol. The summed E-state index contributed by atoms with van der Waals surface area (Å²) in [6.07, 6.45) is 0. The van der Waals surface area contributed by atoms with E-state index >= 15 is 0 Å². The molecule has 25 heavy (non-hydrogen) atoms. The lowest BCUT2D eigenvalue weighted by Gasteiger charge is -2.04. The number of tetrazole rings is 1. The topological polar surface area (TPSA) is 72.7 Å². The average Bonchev–Trinajstić information content (AvgIpc) is 3.09. The van der Waals surface area contributed by atoms with E-state index in [1.54, 1.807) is 11.8 Å². The van der Waals surface area contributed by atoms with Gasteiger partial charge < -0.3 is 5.32 Å². The van der Waals surface area contributed by atoms with E-state index in [1.165, 1.54) is 15.3 Å². The van der Waals surface area contributed by atoms with E-state index in [-0.39, 0.29) is 12.5 Å². The van der Waals surface area contributed by atoms with Crippen molar-refractivity contribution in [3.05, 3.63) is 60.2 Å². The second-order valence-electron chi connectivity index (χ2n) is 5.52. The number of carbonyl (C=O) groups is 1. The third-order valence-corrected chi connectivity index (χ3v) is 4.50. The van der Waals surface area contributed by atoms with Gasteiger partial charge in [0.15, 0.2) is 0 Å². The van der Waals surface area contributed by atoms with Gasteiger partial charge in [0, 0.05) is 22.8 Å². The minimum absolute atomic E-state index is 0.0644. The highest BCUT2D eigenvalue weighted by Gasteiger charge is 2.09. The van der Waals surface area contributed by atoms with Gasteiger partial charge in [-0.1, -0.05) is 48.0 Å². The Kier molecular flexibility index (Phi) is 5.79. The molecule has 7 heteroatoms. The molecule has 0 atom stereocenters. The quantitative estimate of drug-likeness (QED) is 0.522. The van der Waals surface area contributed by atoms with Gasteiger partial charge >= 0.3 is 0 Å². The molecule has 1 heterocycles. The number of rotatable bonds is 7. The van der Waals surface area contributed by atoms with Crippen LogP contribution in [0.4, 0.5) is 0 Å². The molecule has 0 fully saturated rings. The highest BCUT2D eigenvalue weighted by molar-refractivity contribution is 7.99. The van der Waals surface area contributed by atoms with Crippen molar-refractivity contribution < 1.29 is 4.79 Å². The summed E-state index contributed by atoms with van der Waals surface area (Å²) in [5, 5.41) is 15.1. The number of nitrogens with zero attached hydrogens (tertiary/aromatic N) is 4. The Hall–Kier alpha value is -2.67. The van der Waals surface area contributed by atoms with E-state index in [0.29, 0.717) is 12.4 Å². The number of benzene rings is 2. The maximum absolute atomic E-state index is 12.0. The Morgan fingerprint density at radius 1 is 1.12 bits per heavy atom. The van der Waals surface area contributed by atoms with Crippen LogP contribution in [0.25, 0.3) is 11.4 Å². The van der Waals surface area contributed by atoms with Gasteiger partial charge in [-0.2, -0.15) is 4.80 Å². The molecule has 0 saturated heterocycles. The van der Waals surface area contributed by atoms with Crippen molar-refractivity contribution in [3.8, 4) is 11.4 Å². The van der Waals surface area contributed by atoms with Crippen LogP contribution in [0.3, 0.4) is 0 Å². The molecule has 3 aromatic rings. The summed E-state index contributed by atoms with van der Waals surface area (Å²) in [5.41, 5.74) is 2.06. The third-order valence-electron chi connectivity index (χ3n) is 3.48. The van der Waals surface area contributed by atoms with Crippen LogP contribution in [0.1, 0.15) is 5.56 Å². The molecule has 0 bridgehead atoms. The van der Waals surface area contributed by atoms with Gasteiger partial charge in [-0.3, -0.25) is 4.79 Å². The first kappa shape index (κ1) is 17.2. The highest BCUT2D eigenvalue weighted by atomic mass is 32.2. The zero-order valence-electron chi connectivity index (χ0n) is 13.9. The third kappa shape index (κ3) is 5.15. The zero-order chi connectivity index (χ0) is 17.5. The first-order valence-electron chi connectivity index (χ1n) is 8.00. The number of carbonyl (C=O) groups excluding carboxylic acids is 1. The summed E-state index contributed by atoms with van der Waals surface area (Å²) in [7, 11) is 0. The van der Waals surface area contributed by atoms with Crippen molar-refractivity contribution in [1.29, 1.82) is 0 Å². The van der Waals surface area contributed by atoms with Crippen LogP contribution in [0.5, 0.6) is 0 Å². The normalized spacial score (nSPS) is 10.6. The number of thioether (sulfide) groups is 1. The molecule has 1 aromatic heterocycles. The van der Waals surface area contributed by atoms with Crippen molar-refractivity contribution in [2.75, 3.05) is 12.3 Å².